The summed E-state index contributed by atoms with van der Waals surface area (Å²) < 4.78 is 12.4. The van der Waals surface area contributed by atoms with Gasteiger partial charge in [-0.2, -0.15) is 0 Å². The lowest BCUT2D eigenvalue weighted by Crippen LogP contribution is -2.28. The van der Waals surface area contributed by atoms with Gasteiger partial charge in [0.1, 0.15) is 6.17 Å². The van der Waals surface area contributed by atoms with Crippen molar-refractivity contribution in [2.45, 2.75) is 11.8 Å². The highest BCUT2D eigenvalue weighted by Crippen LogP contribution is 2.17. The number of halogens is 1. The predicted octanol–water partition coefficient (Wildman–Crippen LogP) is -0.242. The third-order valence-electron chi connectivity index (χ3n) is 1.32. The van der Waals surface area contributed by atoms with E-state index in [1.165, 1.54) is 5.01 Å². The second kappa shape index (κ2) is 2.26. The van der Waals surface area contributed by atoms with Crippen LogP contribution >= 0.6 is 9.24 Å². The van der Waals surface area contributed by atoms with E-state index in [1.807, 2.05) is 0 Å². The van der Waals surface area contributed by atoms with Crippen LogP contribution in [0.3, 0.4) is 0 Å². The molecule has 1 aliphatic rings. The van der Waals surface area contributed by atoms with E-state index in [0.29, 0.717) is 13.1 Å². The van der Waals surface area contributed by atoms with Crippen LogP contribution in [0, 0.1) is 0 Å². The molecule has 8 heavy (non-hydrogen) atoms. The lowest BCUT2D eigenvalue weighted by molar-refractivity contribution is 0.295. The molecule has 0 aliphatic carbocycles. The van der Waals surface area contributed by atoms with E-state index in [9.17, 15) is 4.39 Å². The summed E-state index contributed by atoms with van der Waals surface area (Å²) in [4.78, 5) is 0. The zero-order valence-electron chi connectivity index (χ0n) is 4.55. The third kappa shape index (κ3) is 1.16. The average molecular weight is 136 g/mol. The molecule has 3 atom stereocenters. The molecule has 4 heteroatoms. The summed E-state index contributed by atoms with van der Waals surface area (Å²) in [5.41, 5.74) is 0.0417. The summed E-state index contributed by atoms with van der Waals surface area (Å²) >= 11 is 0. The van der Waals surface area contributed by atoms with E-state index < -0.39 is 6.17 Å². The largest absolute Gasteiger partial charge is 0.269 e. The van der Waals surface area contributed by atoms with Gasteiger partial charge in [-0.1, -0.05) is 0 Å². The van der Waals surface area contributed by atoms with Gasteiger partial charge < -0.3 is 0 Å². The standard InChI is InChI=1S/C4H10FN2P/c5-3-1-7(6)2-4(3)8/h3-4H,1-2,6,8H2. The third-order valence-corrected chi connectivity index (χ3v) is 1.95. The van der Waals surface area contributed by atoms with Crippen LogP contribution in [0.2, 0.25) is 0 Å². The van der Waals surface area contributed by atoms with Crippen molar-refractivity contribution in [2.24, 2.45) is 5.84 Å². The van der Waals surface area contributed by atoms with E-state index in [0.717, 1.165) is 0 Å². The maximum Gasteiger partial charge on any atom is 0.122 e. The molecule has 2 N–H and O–H groups in total. The predicted molar refractivity (Wildman–Crippen MR) is 34.2 cm³/mol. The molecule has 0 aromatic rings. The molecule has 1 rings (SSSR count). The summed E-state index contributed by atoms with van der Waals surface area (Å²) in [6, 6.07) is 0. The minimum Gasteiger partial charge on any atom is -0.269 e. The number of hydrogen-bond donors (Lipinski definition) is 1. The van der Waals surface area contributed by atoms with Crippen LogP contribution in [-0.2, 0) is 0 Å². The van der Waals surface area contributed by atoms with Gasteiger partial charge in [-0.05, 0) is 0 Å². The van der Waals surface area contributed by atoms with Crippen molar-refractivity contribution < 1.29 is 4.39 Å². The van der Waals surface area contributed by atoms with Crippen molar-refractivity contribution in [1.82, 2.24) is 5.01 Å². The van der Waals surface area contributed by atoms with E-state index >= 15 is 0 Å². The molecule has 48 valence electrons. The van der Waals surface area contributed by atoms with Crippen molar-refractivity contribution in [1.29, 1.82) is 0 Å². The molecule has 3 unspecified atom stereocenters. The Balaban J connectivity index is 2.39. The Hall–Kier alpha value is 0.280. The molecule has 1 saturated heterocycles. The molecule has 0 amide bonds. The van der Waals surface area contributed by atoms with Gasteiger partial charge in [0, 0.05) is 18.7 Å². The molecule has 0 spiro atoms. The fourth-order valence-electron chi connectivity index (χ4n) is 0.819. The first-order chi connectivity index (χ1) is 3.70. The van der Waals surface area contributed by atoms with Gasteiger partial charge in [0.25, 0.3) is 0 Å². The maximum absolute atomic E-state index is 12.4. The van der Waals surface area contributed by atoms with Gasteiger partial charge in [0.15, 0.2) is 0 Å². The molecule has 0 aromatic heterocycles. The Morgan fingerprint density at radius 1 is 1.62 bits per heavy atom. The highest BCUT2D eigenvalue weighted by molar-refractivity contribution is 7.17. The summed E-state index contributed by atoms with van der Waals surface area (Å²) in [7, 11) is 2.44. The van der Waals surface area contributed by atoms with Crippen molar-refractivity contribution in [3.63, 3.8) is 0 Å². The Kier molecular flexibility index (Phi) is 1.81. The Morgan fingerprint density at radius 2 is 2.25 bits per heavy atom. The van der Waals surface area contributed by atoms with Gasteiger partial charge in [-0.3, -0.25) is 5.84 Å². The van der Waals surface area contributed by atoms with Crippen LogP contribution < -0.4 is 5.84 Å². The van der Waals surface area contributed by atoms with Gasteiger partial charge >= 0.3 is 0 Å². The molecule has 0 radical (unpaired) electrons. The van der Waals surface area contributed by atoms with Gasteiger partial charge in [0.2, 0.25) is 0 Å². The molecule has 0 saturated carbocycles. The SMILES string of the molecule is NN1CC(F)C(P)C1. The monoisotopic (exact) mass is 136 g/mol. The van der Waals surface area contributed by atoms with Gasteiger partial charge in [-0.25, -0.2) is 9.40 Å². The molecule has 1 aliphatic heterocycles. The highest BCUT2D eigenvalue weighted by atomic mass is 31.0. The van der Waals surface area contributed by atoms with Crippen molar-refractivity contribution >= 4 is 9.24 Å². The normalized spacial score (nSPS) is 40.9. The number of rotatable bonds is 0. The topological polar surface area (TPSA) is 29.3 Å². The number of hydrazine groups is 1. The first-order valence-corrected chi connectivity index (χ1v) is 3.26. The van der Waals surface area contributed by atoms with E-state index in [1.54, 1.807) is 0 Å². The zero-order chi connectivity index (χ0) is 6.15. The Morgan fingerprint density at radius 3 is 2.38 bits per heavy atom. The second-order valence-electron chi connectivity index (χ2n) is 2.13. The lowest BCUT2D eigenvalue weighted by atomic mass is 10.3. The zero-order valence-corrected chi connectivity index (χ0v) is 5.70. The van der Waals surface area contributed by atoms with Crippen LogP contribution in [-0.4, -0.2) is 29.9 Å². The van der Waals surface area contributed by atoms with E-state index in [4.69, 9.17) is 5.84 Å². The first kappa shape index (κ1) is 6.40. The minimum atomic E-state index is -0.745. The molecular weight excluding hydrogens is 126 g/mol. The maximum atomic E-state index is 12.4. The van der Waals surface area contributed by atoms with Crippen LogP contribution in [0.15, 0.2) is 0 Å². The molecule has 1 fully saturated rings. The van der Waals surface area contributed by atoms with Crippen LogP contribution in [0.1, 0.15) is 0 Å². The van der Waals surface area contributed by atoms with Gasteiger partial charge in [0.05, 0.1) is 0 Å². The minimum absolute atomic E-state index is 0.0417. The second-order valence-corrected chi connectivity index (χ2v) is 2.99. The molecule has 1 heterocycles. The van der Waals surface area contributed by atoms with Crippen LogP contribution in [0.4, 0.5) is 4.39 Å². The summed E-state index contributed by atoms with van der Waals surface area (Å²) in [6.07, 6.45) is -0.745. The first-order valence-electron chi connectivity index (χ1n) is 2.59. The van der Waals surface area contributed by atoms with Crippen molar-refractivity contribution in [3.05, 3.63) is 0 Å². The van der Waals surface area contributed by atoms with Gasteiger partial charge in [-0.15, -0.1) is 9.24 Å². The summed E-state index contributed by atoms with van der Waals surface area (Å²) in [5, 5.41) is 1.50. The number of nitrogens with zero attached hydrogens (tertiary/aromatic N) is 1. The highest BCUT2D eigenvalue weighted by Gasteiger charge is 2.27. The smallest absolute Gasteiger partial charge is 0.122 e. The fourth-order valence-corrected chi connectivity index (χ4v) is 1.21. The Labute approximate surface area is 50.4 Å². The molecule has 2 nitrogen and oxygen atoms in total. The van der Waals surface area contributed by atoms with E-state index in [-0.39, 0.29) is 5.66 Å². The number of nitrogens with two attached hydrogens (primary N) is 1. The molecule has 0 bridgehead atoms. The van der Waals surface area contributed by atoms with Crippen LogP contribution in [0.25, 0.3) is 0 Å². The molecular formula is C4H10FN2P. The lowest BCUT2D eigenvalue weighted by Gasteiger charge is -2.02. The average Bonchev–Trinajstić information content (AvgIpc) is 1.85. The van der Waals surface area contributed by atoms with Crippen LogP contribution in [0.5, 0.6) is 0 Å². The fraction of sp³-hybridized carbons (Fsp3) is 1.00. The number of hydrogen-bond acceptors (Lipinski definition) is 2. The quantitative estimate of drug-likeness (QED) is 0.368. The Bertz CT molecular complexity index is 80.1. The van der Waals surface area contributed by atoms with Crippen molar-refractivity contribution in [2.75, 3.05) is 13.1 Å². The van der Waals surface area contributed by atoms with Crippen molar-refractivity contribution in [3.8, 4) is 0 Å². The molecule has 0 aromatic carbocycles. The summed E-state index contributed by atoms with van der Waals surface area (Å²) in [5.74, 6) is 5.30. The number of alkyl halides is 1. The van der Waals surface area contributed by atoms with E-state index in [2.05, 4.69) is 9.24 Å². The summed E-state index contributed by atoms with van der Waals surface area (Å²) in [6.45, 7) is 1.04.